The molecule has 0 saturated carbocycles. The van der Waals surface area contributed by atoms with Crippen molar-refractivity contribution < 1.29 is 0 Å². The first-order chi connectivity index (χ1) is 5.77. The number of rotatable bonds is 0. The van der Waals surface area contributed by atoms with Gasteiger partial charge in [-0.05, 0) is 28.1 Å². The molecule has 12 heavy (non-hydrogen) atoms. The quantitative estimate of drug-likeness (QED) is 0.696. The number of fused-ring (bicyclic) bond motifs is 1. The van der Waals surface area contributed by atoms with E-state index in [0.29, 0.717) is 5.82 Å². The summed E-state index contributed by atoms with van der Waals surface area (Å²) in [5.41, 5.74) is 6.40. The highest BCUT2D eigenvalue weighted by Gasteiger charge is 2.00. The highest BCUT2D eigenvalue weighted by atomic mass is 79.9. The molecule has 0 atom stereocenters. The van der Waals surface area contributed by atoms with Gasteiger partial charge in [0.05, 0.1) is 5.52 Å². The molecule has 0 radical (unpaired) electrons. The maximum absolute atomic E-state index is 5.54. The van der Waals surface area contributed by atoms with E-state index in [2.05, 4.69) is 25.9 Å². The normalized spacial score (nSPS) is 10.4. The van der Waals surface area contributed by atoms with Crippen molar-refractivity contribution in [2.75, 3.05) is 5.73 Å². The number of nitrogens with two attached hydrogens (primary N) is 1. The van der Waals surface area contributed by atoms with E-state index in [1.54, 1.807) is 12.3 Å². The predicted molar refractivity (Wildman–Crippen MR) is 51.7 cm³/mol. The van der Waals surface area contributed by atoms with Crippen LogP contribution in [0.5, 0.6) is 0 Å². The van der Waals surface area contributed by atoms with Crippen molar-refractivity contribution in [2.45, 2.75) is 0 Å². The second kappa shape index (κ2) is 2.71. The summed E-state index contributed by atoms with van der Waals surface area (Å²) < 4.78 is 0.741. The summed E-state index contributed by atoms with van der Waals surface area (Å²) >= 11 is 3.32. The Hall–Kier alpha value is -1.16. The van der Waals surface area contributed by atoms with Gasteiger partial charge in [0.1, 0.15) is 10.4 Å². The van der Waals surface area contributed by atoms with Gasteiger partial charge in [-0.2, -0.15) is 0 Å². The van der Waals surface area contributed by atoms with Crippen LogP contribution in [-0.2, 0) is 0 Å². The van der Waals surface area contributed by atoms with Gasteiger partial charge in [0.15, 0.2) is 0 Å². The maximum Gasteiger partial charge on any atom is 0.126 e. The van der Waals surface area contributed by atoms with Gasteiger partial charge in [0.25, 0.3) is 0 Å². The van der Waals surface area contributed by atoms with E-state index in [9.17, 15) is 0 Å². The lowest BCUT2D eigenvalue weighted by Gasteiger charge is -1.99. The van der Waals surface area contributed by atoms with Gasteiger partial charge < -0.3 is 5.73 Å². The third-order valence-electron chi connectivity index (χ3n) is 1.57. The molecule has 0 aliphatic carbocycles. The molecular formula is C8H6BrN3. The van der Waals surface area contributed by atoms with Gasteiger partial charge in [0, 0.05) is 17.6 Å². The second-order valence-electron chi connectivity index (χ2n) is 2.41. The Bertz CT molecular complexity index is 428. The Morgan fingerprint density at radius 3 is 3.08 bits per heavy atom. The zero-order valence-electron chi connectivity index (χ0n) is 6.16. The number of hydrogen-bond donors (Lipinski definition) is 1. The van der Waals surface area contributed by atoms with Gasteiger partial charge in [-0.1, -0.05) is 0 Å². The standard InChI is InChI=1S/C8H6BrN3/c9-8-5-2-1-3-11-6(5)4-7(10)12-8/h1-4H,(H2,10,12). The summed E-state index contributed by atoms with van der Waals surface area (Å²) in [5.74, 6) is 0.480. The Morgan fingerprint density at radius 1 is 1.42 bits per heavy atom. The number of anilines is 1. The molecule has 2 heterocycles. The molecule has 60 valence electrons. The molecule has 2 aromatic rings. The molecule has 3 nitrogen and oxygen atoms in total. The summed E-state index contributed by atoms with van der Waals surface area (Å²) in [6.07, 6.45) is 1.73. The van der Waals surface area contributed by atoms with E-state index < -0.39 is 0 Å². The molecule has 2 rings (SSSR count). The predicted octanol–water partition coefficient (Wildman–Crippen LogP) is 1.97. The van der Waals surface area contributed by atoms with Crippen LogP contribution in [0.3, 0.4) is 0 Å². The Morgan fingerprint density at radius 2 is 2.25 bits per heavy atom. The van der Waals surface area contributed by atoms with Crippen molar-refractivity contribution in [3.05, 3.63) is 29.0 Å². The van der Waals surface area contributed by atoms with Crippen LogP contribution in [0.1, 0.15) is 0 Å². The first-order valence-corrected chi connectivity index (χ1v) is 4.23. The average molecular weight is 224 g/mol. The van der Waals surface area contributed by atoms with E-state index in [0.717, 1.165) is 15.5 Å². The SMILES string of the molecule is Nc1cc2ncccc2c(Br)n1. The number of nitrogen functional groups attached to an aromatic ring is 1. The van der Waals surface area contributed by atoms with Crippen LogP contribution in [-0.4, -0.2) is 9.97 Å². The monoisotopic (exact) mass is 223 g/mol. The Kier molecular flexibility index (Phi) is 1.69. The lowest BCUT2D eigenvalue weighted by molar-refractivity contribution is 1.29. The summed E-state index contributed by atoms with van der Waals surface area (Å²) in [6, 6.07) is 5.56. The Balaban J connectivity index is 2.89. The fourth-order valence-corrected chi connectivity index (χ4v) is 1.59. The van der Waals surface area contributed by atoms with Gasteiger partial charge >= 0.3 is 0 Å². The van der Waals surface area contributed by atoms with E-state index >= 15 is 0 Å². The minimum absolute atomic E-state index is 0.480. The van der Waals surface area contributed by atoms with Crippen LogP contribution in [0.4, 0.5) is 5.82 Å². The van der Waals surface area contributed by atoms with E-state index in [4.69, 9.17) is 5.73 Å². The third-order valence-corrected chi connectivity index (χ3v) is 2.18. The number of nitrogens with zero attached hydrogens (tertiary/aromatic N) is 2. The van der Waals surface area contributed by atoms with Crippen molar-refractivity contribution in [1.82, 2.24) is 9.97 Å². The summed E-state index contributed by atoms with van der Waals surface area (Å²) in [5, 5.41) is 0.978. The smallest absolute Gasteiger partial charge is 0.126 e. The van der Waals surface area contributed by atoms with Crippen LogP contribution < -0.4 is 5.73 Å². The third kappa shape index (κ3) is 1.14. The van der Waals surface area contributed by atoms with Crippen LogP contribution >= 0.6 is 15.9 Å². The molecule has 2 N–H and O–H groups in total. The van der Waals surface area contributed by atoms with Gasteiger partial charge in [-0.15, -0.1) is 0 Å². The summed E-state index contributed by atoms with van der Waals surface area (Å²) in [4.78, 5) is 8.21. The molecule has 0 fully saturated rings. The lowest BCUT2D eigenvalue weighted by atomic mass is 10.3. The average Bonchev–Trinajstić information content (AvgIpc) is 2.04. The highest BCUT2D eigenvalue weighted by molar-refractivity contribution is 9.10. The van der Waals surface area contributed by atoms with Crippen LogP contribution in [0.25, 0.3) is 10.9 Å². The van der Waals surface area contributed by atoms with Gasteiger partial charge in [0.2, 0.25) is 0 Å². The van der Waals surface area contributed by atoms with E-state index in [-0.39, 0.29) is 0 Å². The molecule has 4 heteroatoms. The van der Waals surface area contributed by atoms with Crippen molar-refractivity contribution in [3.8, 4) is 0 Å². The molecule has 2 aromatic heterocycles. The topological polar surface area (TPSA) is 51.8 Å². The molecular weight excluding hydrogens is 218 g/mol. The lowest BCUT2D eigenvalue weighted by Crippen LogP contribution is -1.91. The zero-order chi connectivity index (χ0) is 8.55. The van der Waals surface area contributed by atoms with Crippen molar-refractivity contribution >= 4 is 32.7 Å². The zero-order valence-corrected chi connectivity index (χ0v) is 7.75. The first kappa shape index (κ1) is 7.49. The minimum atomic E-state index is 0.480. The Labute approximate surface area is 77.8 Å². The molecule has 0 unspecified atom stereocenters. The number of aromatic nitrogens is 2. The largest absolute Gasteiger partial charge is 0.384 e. The van der Waals surface area contributed by atoms with Crippen LogP contribution in [0, 0.1) is 0 Å². The number of pyridine rings is 2. The fourth-order valence-electron chi connectivity index (χ4n) is 1.05. The molecule has 0 aliphatic heterocycles. The van der Waals surface area contributed by atoms with Crippen LogP contribution in [0.15, 0.2) is 29.0 Å². The first-order valence-electron chi connectivity index (χ1n) is 3.44. The molecule has 0 amide bonds. The highest BCUT2D eigenvalue weighted by Crippen LogP contribution is 2.21. The maximum atomic E-state index is 5.54. The van der Waals surface area contributed by atoms with Gasteiger partial charge in [-0.3, -0.25) is 4.98 Å². The summed E-state index contributed by atoms with van der Waals surface area (Å²) in [7, 11) is 0. The van der Waals surface area contributed by atoms with Crippen molar-refractivity contribution in [1.29, 1.82) is 0 Å². The molecule has 0 bridgehead atoms. The minimum Gasteiger partial charge on any atom is -0.384 e. The van der Waals surface area contributed by atoms with Crippen molar-refractivity contribution in [3.63, 3.8) is 0 Å². The van der Waals surface area contributed by atoms with Crippen LogP contribution in [0.2, 0.25) is 0 Å². The second-order valence-corrected chi connectivity index (χ2v) is 3.16. The molecule has 0 aliphatic rings. The van der Waals surface area contributed by atoms with E-state index in [1.165, 1.54) is 0 Å². The fraction of sp³-hybridized carbons (Fsp3) is 0. The number of hydrogen-bond acceptors (Lipinski definition) is 3. The van der Waals surface area contributed by atoms with E-state index in [1.807, 2.05) is 12.1 Å². The van der Waals surface area contributed by atoms with Crippen molar-refractivity contribution in [2.24, 2.45) is 0 Å². The molecule has 0 saturated heterocycles. The molecule has 0 spiro atoms. The molecule has 0 aromatic carbocycles. The van der Waals surface area contributed by atoms with Gasteiger partial charge in [-0.25, -0.2) is 4.98 Å². The summed E-state index contributed by atoms with van der Waals surface area (Å²) in [6.45, 7) is 0. The number of halogens is 1.